The van der Waals surface area contributed by atoms with Gasteiger partial charge in [0.15, 0.2) is 0 Å². The fourth-order valence-corrected chi connectivity index (χ4v) is 3.61. The van der Waals surface area contributed by atoms with Crippen molar-refractivity contribution in [3.05, 3.63) is 0 Å². The van der Waals surface area contributed by atoms with Gasteiger partial charge in [0, 0.05) is 12.6 Å². The van der Waals surface area contributed by atoms with E-state index in [1.807, 2.05) is 0 Å². The van der Waals surface area contributed by atoms with E-state index in [4.69, 9.17) is 5.11 Å². The molecule has 19 heavy (non-hydrogen) atoms. The molecule has 108 valence electrons. The largest absolute Gasteiger partial charge is 0.480 e. The van der Waals surface area contributed by atoms with Crippen molar-refractivity contribution >= 4 is 21.9 Å². The van der Waals surface area contributed by atoms with Crippen LogP contribution < -0.4 is 0 Å². The molecule has 1 N–H and O–H groups in total. The number of hydrogen-bond donors (Lipinski definition) is 1. The van der Waals surface area contributed by atoms with Crippen molar-refractivity contribution in [2.45, 2.75) is 37.8 Å². The number of sulfonamides is 1. The van der Waals surface area contributed by atoms with Gasteiger partial charge in [-0.05, 0) is 25.7 Å². The Kier molecular flexibility index (Phi) is 3.82. The van der Waals surface area contributed by atoms with Crippen molar-refractivity contribution in [1.82, 2.24) is 9.21 Å². The lowest BCUT2D eigenvalue weighted by molar-refractivity contribution is -0.146. The van der Waals surface area contributed by atoms with Crippen molar-refractivity contribution in [2.75, 3.05) is 19.3 Å². The molecule has 0 bridgehead atoms. The summed E-state index contributed by atoms with van der Waals surface area (Å²) in [5, 5.41) is 8.85. The second kappa shape index (κ2) is 5.09. The Balaban J connectivity index is 2.14. The number of rotatable bonds is 5. The van der Waals surface area contributed by atoms with Crippen molar-refractivity contribution in [3.63, 3.8) is 0 Å². The van der Waals surface area contributed by atoms with Crippen LogP contribution in [0.1, 0.15) is 25.7 Å². The molecular formula is C11H18N2O5S. The summed E-state index contributed by atoms with van der Waals surface area (Å²) in [5.41, 5.74) is 0. The Bertz CT molecular complexity index is 485. The molecule has 1 atom stereocenters. The fourth-order valence-electron chi connectivity index (χ4n) is 2.49. The van der Waals surface area contributed by atoms with E-state index in [0.717, 1.165) is 19.1 Å². The molecule has 1 saturated heterocycles. The molecule has 1 aliphatic carbocycles. The van der Waals surface area contributed by atoms with Gasteiger partial charge in [-0.15, -0.1) is 0 Å². The van der Waals surface area contributed by atoms with Crippen LogP contribution in [0.4, 0.5) is 0 Å². The highest BCUT2D eigenvalue weighted by atomic mass is 32.2. The van der Waals surface area contributed by atoms with Crippen molar-refractivity contribution in [2.24, 2.45) is 0 Å². The third kappa shape index (κ3) is 3.24. The second-order valence-corrected chi connectivity index (χ2v) is 7.06. The molecule has 0 aromatic carbocycles. The number of carbonyl (C=O) groups is 2. The van der Waals surface area contributed by atoms with E-state index >= 15 is 0 Å². The number of amides is 1. The van der Waals surface area contributed by atoms with Gasteiger partial charge >= 0.3 is 5.97 Å². The normalized spacial score (nSPS) is 24.4. The minimum absolute atomic E-state index is 0.0365. The third-order valence-corrected chi connectivity index (χ3v) is 4.78. The summed E-state index contributed by atoms with van der Waals surface area (Å²) in [6.07, 6.45) is 3.77. The molecule has 0 spiro atoms. The predicted molar refractivity (Wildman–Crippen MR) is 66.9 cm³/mol. The molecule has 2 rings (SSSR count). The lowest BCUT2D eigenvalue weighted by atomic mass is 10.2. The molecule has 1 aliphatic heterocycles. The SMILES string of the molecule is CS(=O)(=O)N1CCCC1C(=O)N(CC(=O)O)C1CC1. The maximum atomic E-state index is 12.4. The van der Waals surface area contributed by atoms with Crippen LogP contribution in [-0.4, -0.2) is 66.0 Å². The molecule has 0 aromatic heterocycles. The smallest absolute Gasteiger partial charge is 0.323 e. The van der Waals surface area contributed by atoms with Gasteiger partial charge in [-0.3, -0.25) is 9.59 Å². The standard InChI is InChI=1S/C11H18N2O5S/c1-19(17,18)13-6-2-3-9(13)11(16)12(7-10(14)15)8-4-5-8/h8-9H,2-7H2,1H3,(H,14,15). The second-order valence-electron chi connectivity index (χ2n) is 5.12. The summed E-state index contributed by atoms with van der Waals surface area (Å²) in [6.45, 7) is -0.0155. The van der Waals surface area contributed by atoms with Crippen molar-refractivity contribution in [3.8, 4) is 0 Å². The molecule has 0 radical (unpaired) electrons. The minimum atomic E-state index is -3.43. The van der Waals surface area contributed by atoms with E-state index < -0.39 is 22.0 Å². The van der Waals surface area contributed by atoms with Gasteiger partial charge in [-0.1, -0.05) is 0 Å². The molecule has 0 aromatic rings. The van der Waals surface area contributed by atoms with E-state index in [1.165, 1.54) is 9.21 Å². The number of carboxylic acid groups (broad SMARTS) is 1. The zero-order valence-electron chi connectivity index (χ0n) is 10.8. The van der Waals surface area contributed by atoms with E-state index in [-0.39, 0.29) is 18.5 Å². The van der Waals surface area contributed by atoms with Gasteiger partial charge in [0.05, 0.1) is 6.26 Å². The van der Waals surface area contributed by atoms with Crippen LogP contribution in [-0.2, 0) is 19.6 Å². The number of hydrogen-bond acceptors (Lipinski definition) is 4. The average molecular weight is 290 g/mol. The Labute approximate surface area is 112 Å². The topological polar surface area (TPSA) is 95.0 Å². The Morgan fingerprint density at radius 3 is 2.42 bits per heavy atom. The number of nitrogens with zero attached hydrogens (tertiary/aromatic N) is 2. The maximum Gasteiger partial charge on any atom is 0.323 e. The molecule has 2 aliphatic rings. The summed E-state index contributed by atoms with van der Waals surface area (Å²) in [5.74, 6) is -1.43. The Morgan fingerprint density at radius 2 is 1.95 bits per heavy atom. The Morgan fingerprint density at radius 1 is 1.32 bits per heavy atom. The molecule has 8 heteroatoms. The van der Waals surface area contributed by atoms with Gasteiger partial charge in [0.2, 0.25) is 15.9 Å². The van der Waals surface area contributed by atoms with Crippen LogP contribution in [0.25, 0.3) is 0 Å². The minimum Gasteiger partial charge on any atom is -0.480 e. The molecule has 1 saturated carbocycles. The molecule has 7 nitrogen and oxygen atoms in total. The van der Waals surface area contributed by atoms with E-state index in [9.17, 15) is 18.0 Å². The monoisotopic (exact) mass is 290 g/mol. The lowest BCUT2D eigenvalue weighted by Gasteiger charge is -2.28. The summed E-state index contributed by atoms with van der Waals surface area (Å²) < 4.78 is 24.4. The molecule has 2 fully saturated rings. The quantitative estimate of drug-likeness (QED) is 0.735. The summed E-state index contributed by atoms with van der Waals surface area (Å²) >= 11 is 0. The fraction of sp³-hybridized carbons (Fsp3) is 0.818. The number of aliphatic carboxylic acids is 1. The van der Waals surface area contributed by atoms with Crippen LogP contribution in [0.3, 0.4) is 0 Å². The zero-order chi connectivity index (χ0) is 14.2. The number of carboxylic acids is 1. The van der Waals surface area contributed by atoms with Gasteiger partial charge < -0.3 is 10.0 Å². The summed E-state index contributed by atoms with van der Waals surface area (Å²) in [6, 6.07) is -0.763. The highest BCUT2D eigenvalue weighted by molar-refractivity contribution is 7.88. The van der Waals surface area contributed by atoms with Gasteiger partial charge in [-0.25, -0.2) is 8.42 Å². The van der Waals surface area contributed by atoms with Crippen LogP contribution >= 0.6 is 0 Å². The van der Waals surface area contributed by atoms with Crippen molar-refractivity contribution < 1.29 is 23.1 Å². The van der Waals surface area contributed by atoms with E-state index in [0.29, 0.717) is 19.4 Å². The highest BCUT2D eigenvalue weighted by Crippen LogP contribution is 2.30. The summed E-state index contributed by atoms with van der Waals surface area (Å²) in [4.78, 5) is 24.5. The van der Waals surface area contributed by atoms with Gasteiger partial charge in [0.25, 0.3) is 0 Å². The zero-order valence-corrected chi connectivity index (χ0v) is 11.6. The van der Waals surface area contributed by atoms with Crippen LogP contribution in [0.5, 0.6) is 0 Å². The average Bonchev–Trinajstić information content (AvgIpc) is 2.99. The maximum absolute atomic E-state index is 12.4. The van der Waals surface area contributed by atoms with Crippen LogP contribution in [0, 0.1) is 0 Å². The van der Waals surface area contributed by atoms with Crippen molar-refractivity contribution in [1.29, 1.82) is 0 Å². The van der Waals surface area contributed by atoms with E-state index in [1.54, 1.807) is 0 Å². The Hall–Kier alpha value is -1.15. The highest BCUT2D eigenvalue weighted by Gasteiger charge is 2.43. The van der Waals surface area contributed by atoms with Crippen LogP contribution in [0.2, 0.25) is 0 Å². The predicted octanol–water partition coefficient (Wildman–Crippen LogP) is -0.514. The molecule has 1 amide bonds. The molecular weight excluding hydrogens is 272 g/mol. The first-order valence-electron chi connectivity index (χ1n) is 6.30. The molecule has 1 unspecified atom stereocenters. The van der Waals surface area contributed by atoms with Gasteiger partial charge in [-0.2, -0.15) is 4.31 Å². The third-order valence-electron chi connectivity index (χ3n) is 3.49. The first-order chi connectivity index (χ1) is 8.80. The lowest BCUT2D eigenvalue weighted by Crippen LogP contribution is -2.49. The first kappa shape index (κ1) is 14.3. The summed E-state index contributed by atoms with van der Waals surface area (Å²) in [7, 11) is -3.43. The van der Waals surface area contributed by atoms with Crippen LogP contribution in [0.15, 0.2) is 0 Å². The van der Waals surface area contributed by atoms with Gasteiger partial charge in [0.1, 0.15) is 12.6 Å². The number of carbonyl (C=O) groups excluding carboxylic acids is 1. The first-order valence-corrected chi connectivity index (χ1v) is 8.14. The van der Waals surface area contributed by atoms with E-state index in [2.05, 4.69) is 0 Å². The molecule has 1 heterocycles.